The van der Waals surface area contributed by atoms with Crippen LogP contribution in [0.1, 0.15) is 20.1 Å². The van der Waals surface area contributed by atoms with Crippen molar-refractivity contribution < 1.29 is 9.59 Å². The SMILES string of the molecule is Cc1ccc(CC(=O)NNC(=O)c2ccccc2Br)s1. The second kappa shape index (κ2) is 6.67. The van der Waals surface area contributed by atoms with E-state index in [0.717, 1.165) is 9.75 Å². The monoisotopic (exact) mass is 352 g/mol. The smallest absolute Gasteiger partial charge is 0.270 e. The summed E-state index contributed by atoms with van der Waals surface area (Å²) in [5, 5.41) is 0. The molecule has 0 spiro atoms. The topological polar surface area (TPSA) is 58.2 Å². The van der Waals surface area contributed by atoms with Gasteiger partial charge < -0.3 is 0 Å². The molecule has 20 heavy (non-hydrogen) atoms. The van der Waals surface area contributed by atoms with E-state index < -0.39 is 0 Å². The van der Waals surface area contributed by atoms with Crippen LogP contribution in [0.2, 0.25) is 0 Å². The van der Waals surface area contributed by atoms with E-state index in [4.69, 9.17) is 0 Å². The average Bonchev–Trinajstić information content (AvgIpc) is 2.82. The molecule has 6 heteroatoms. The minimum atomic E-state index is -0.354. The summed E-state index contributed by atoms with van der Waals surface area (Å²) in [6.07, 6.45) is 0.259. The lowest BCUT2D eigenvalue weighted by Gasteiger charge is -2.07. The molecule has 0 aliphatic heterocycles. The van der Waals surface area contributed by atoms with Crippen molar-refractivity contribution in [1.29, 1.82) is 0 Å². The summed E-state index contributed by atoms with van der Waals surface area (Å²) in [6, 6.07) is 10.9. The number of rotatable bonds is 3. The van der Waals surface area contributed by atoms with Crippen molar-refractivity contribution >= 4 is 39.1 Å². The Morgan fingerprint density at radius 2 is 1.90 bits per heavy atom. The molecule has 1 aromatic heterocycles. The number of amides is 2. The third-order valence-corrected chi connectivity index (χ3v) is 4.26. The first-order valence-corrected chi connectivity index (χ1v) is 7.56. The largest absolute Gasteiger partial charge is 0.273 e. The molecule has 2 rings (SSSR count). The lowest BCUT2D eigenvalue weighted by Crippen LogP contribution is -2.42. The number of nitrogens with one attached hydrogen (secondary N) is 2. The quantitative estimate of drug-likeness (QED) is 0.834. The molecule has 0 aliphatic carbocycles. The normalized spacial score (nSPS) is 10.1. The molecular formula is C14H13BrN2O2S. The molecule has 0 saturated heterocycles. The van der Waals surface area contributed by atoms with E-state index in [2.05, 4.69) is 26.8 Å². The number of carbonyl (C=O) groups is 2. The summed E-state index contributed by atoms with van der Waals surface area (Å²) in [7, 11) is 0. The number of benzene rings is 1. The van der Waals surface area contributed by atoms with Gasteiger partial charge in [0.25, 0.3) is 5.91 Å². The summed E-state index contributed by atoms with van der Waals surface area (Å²) in [5.41, 5.74) is 5.29. The van der Waals surface area contributed by atoms with Crippen LogP contribution in [0.15, 0.2) is 40.9 Å². The lowest BCUT2D eigenvalue weighted by atomic mass is 10.2. The molecule has 0 saturated carbocycles. The lowest BCUT2D eigenvalue weighted by molar-refractivity contribution is -0.121. The van der Waals surface area contributed by atoms with Crippen LogP contribution >= 0.6 is 27.3 Å². The van der Waals surface area contributed by atoms with Crippen molar-refractivity contribution in [3.05, 3.63) is 56.2 Å². The van der Waals surface area contributed by atoms with Gasteiger partial charge in [0, 0.05) is 14.2 Å². The maximum absolute atomic E-state index is 11.9. The first-order chi connectivity index (χ1) is 9.56. The van der Waals surface area contributed by atoms with Crippen LogP contribution in [0, 0.1) is 6.92 Å². The zero-order valence-corrected chi connectivity index (χ0v) is 13.2. The molecule has 0 bridgehead atoms. The number of carbonyl (C=O) groups excluding carboxylic acids is 2. The van der Waals surface area contributed by atoms with Crippen molar-refractivity contribution in [2.24, 2.45) is 0 Å². The molecular weight excluding hydrogens is 340 g/mol. The van der Waals surface area contributed by atoms with Gasteiger partial charge in [0.05, 0.1) is 12.0 Å². The Bertz CT molecular complexity index is 640. The van der Waals surface area contributed by atoms with Crippen LogP contribution in [0.25, 0.3) is 0 Å². The maximum atomic E-state index is 11.9. The Labute approximate surface area is 129 Å². The molecule has 0 fully saturated rings. The Kier molecular flexibility index (Phi) is 4.92. The highest BCUT2D eigenvalue weighted by Gasteiger charge is 2.11. The first-order valence-electron chi connectivity index (χ1n) is 5.95. The van der Waals surface area contributed by atoms with Crippen LogP contribution in [-0.4, -0.2) is 11.8 Å². The molecule has 1 aromatic carbocycles. The predicted octanol–water partition coefficient (Wildman–Crippen LogP) is 2.82. The maximum Gasteiger partial charge on any atom is 0.270 e. The van der Waals surface area contributed by atoms with Crippen LogP contribution in [0.5, 0.6) is 0 Å². The Balaban J connectivity index is 1.87. The number of hydrazine groups is 1. The Morgan fingerprint density at radius 1 is 1.15 bits per heavy atom. The predicted molar refractivity (Wildman–Crippen MR) is 82.5 cm³/mol. The fourth-order valence-electron chi connectivity index (χ4n) is 1.62. The van der Waals surface area contributed by atoms with E-state index in [-0.39, 0.29) is 18.2 Å². The Hall–Kier alpha value is -1.66. The molecule has 4 nitrogen and oxygen atoms in total. The fourth-order valence-corrected chi connectivity index (χ4v) is 2.98. The molecule has 0 atom stereocenters. The van der Waals surface area contributed by atoms with Gasteiger partial charge in [0.2, 0.25) is 5.91 Å². The fraction of sp³-hybridized carbons (Fsp3) is 0.143. The molecule has 2 N–H and O–H groups in total. The summed E-state index contributed by atoms with van der Waals surface area (Å²) < 4.78 is 0.681. The van der Waals surface area contributed by atoms with Gasteiger partial charge in [-0.3, -0.25) is 20.4 Å². The van der Waals surface area contributed by atoms with Crippen LogP contribution in [0.3, 0.4) is 0 Å². The number of hydrogen-bond acceptors (Lipinski definition) is 3. The molecule has 0 radical (unpaired) electrons. The third kappa shape index (κ3) is 3.91. The van der Waals surface area contributed by atoms with Crippen LogP contribution in [0.4, 0.5) is 0 Å². The first kappa shape index (κ1) is 14.7. The number of hydrogen-bond donors (Lipinski definition) is 2. The minimum Gasteiger partial charge on any atom is -0.273 e. The standard InChI is InChI=1S/C14H13BrN2O2S/c1-9-6-7-10(20-9)8-13(18)16-17-14(19)11-4-2-3-5-12(11)15/h2-7H,8H2,1H3,(H,16,18)(H,17,19). The number of thiophene rings is 1. The van der Waals surface area contributed by atoms with E-state index in [1.165, 1.54) is 0 Å². The molecule has 2 amide bonds. The van der Waals surface area contributed by atoms with Crippen LogP contribution < -0.4 is 10.9 Å². The third-order valence-electron chi connectivity index (χ3n) is 2.56. The highest BCUT2D eigenvalue weighted by Crippen LogP contribution is 2.16. The number of halogens is 1. The van der Waals surface area contributed by atoms with Gasteiger partial charge in [-0.25, -0.2) is 0 Å². The summed E-state index contributed by atoms with van der Waals surface area (Å²) in [5.74, 6) is -0.597. The summed E-state index contributed by atoms with van der Waals surface area (Å²) in [4.78, 5) is 25.7. The zero-order valence-electron chi connectivity index (χ0n) is 10.8. The van der Waals surface area contributed by atoms with Crippen molar-refractivity contribution in [3.63, 3.8) is 0 Å². The van der Waals surface area contributed by atoms with E-state index in [9.17, 15) is 9.59 Å². The molecule has 104 valence electrons. The van der Waals surface area contributed by atoms with E-state index >= 15 is 0 Å². The van der Waals surface area contributed by atoms with Gasteiger partial charge in [-0.15, -0.1) is 11.3 Å². The van der Waals surface area contributed by atoms with E-state index in [1.54, 1.807) is 29.5 Å². The van der Waals surface area contributed by atoms with Gasteiger partial charge in [0.1, 0.15) is 0 Å². The highest BCUT2D eigenvalue weighted by atomic mass is 79.9. The van der Waals surface area contributed by atoms with Crippen molar-refractivity contribution in [3.8, 4) is 0 Å². The van der Waals surface area contributed by atoms with Crippen molar-refractivity contribution in [2.45, 2.75) is 13.3 Å². The van der Waals surface area contributed by atoms with Crippen LogP contribution in [-0.2, 0) is 11.2 Å². The van der Waals surface area contributed by atoms with Crippen molar-refractivity contribution in [1.82, 2.24) is 10.9 Å². The molecule has 1 heterocycles. The molecule has 2 aromatic rings. The average molecular weight is 353 g/mol. The molecule has 0 aliphatic rings. The van der Waals surface area contributed by atoms with E-state index in [1.807, 2.05) is 25.1 Å². The summed E-state index contributed by atoms with van der Waals surface area (Å²) in [6.45, 7) is 1.99. The number of aryl methyl sites for hydroxylation is 1. The Morgan fingerprint density at radius 3 is 2.55 bits per heavy atom. The van der Waals surface area contributed by atoms with Gasteiger partial charge in [-0.05, 0) is 47.1 Å². The van der Waals surface area contributed by atoms with Gasteiger partial charge in [-0.2, -0.15) is 0 Å². The van der Waals surface area contributed by atoms with Gasteiger partial charge in [0.15, 0.2) is 0 Å². The second-order valence-corrected chi connectivity index (χ2v) is 6.40. The van der Waals surface area contributed by atoms with Gasteiger partial charge in [-0.1, -0.05) is 12.1 Å². The van der Waals surface area contributed by atoms with Crippen molar-refractivity contribution in [2.75, 3.05) is 0 Å². The molecule has 0 unspecified atom stereocenters. The highest BCUT2D eigenvalue weighted by molar-refractivity contribution is 9.10. The van der Waals surface area contributed by atoms with E-state index in [0.29, 0.717) is 10.0 Å². The zero-order chi connectivity index (χ0) is 14.5. The minimum absolute atomic E-state index is 0.243. The summed E-state index contributed by atoms with van der Waals surface area (Å²) >= 11 is 4.86. The van der Waals surface area contributed by atoms with Gasteiger partial charge >= 0.3 is 0 Å². The second-order valence-electron chi connectivity index (χ2n) is 4.17.